The number of hydrogen-bond donors (Lipinski definition) is 0. The van der Waals surface area contributed by atoms with Gasteiger partial charge >= 0.3 is 0 Å². The van der Waals surface area contributed by atoms with Crippen molar-refractivity contribution in [2.45, 2.75) is 52.8 Å². The number of aryl methyl sites for hydroxylation is 3. The van der Waals surface area contributed by atoms with Gasteiger partial charge in [-0.2, -0.15) is 0 Å². The van der Waals surface area contributed by atoms with Crippen molar-refractivity contribution < 1.29 is 0 Å². The van der Waals surface area contributed by atoms with E-state index in [0.29, 0.717) is 0 Å². The van der Waals surface area contributed by atoms with Crippen molar-refractivity contribution in [3.63, 3.8) is 0 Å². The first kappa shape index (κ1) is 13.6. The van der Waals surface area contributed by atoms with Gasteiger partial charge in [0.15, 0.2) is 0 Å². The van der Waals surface area contributed by atoms with Gasteiger partial charge in [0.05, 0.1) is 0 Å². The summed E-state index contributed by atoms with van der Waals surface area (Å²) in [6.45, 7) is 10.9. The Morgan fingerprint density at radius 1 is 1.06 bits per heavy atom. The van der Waals surface area contributed by atoms with Gasteiger partial charge < -0.3 is 0 Å². The number of alkyl halides is 1. The molecule has 0 radical (unpaired) electrons. The predicted octanol–water partition coefficient (Wildman–Crippen LogP) is 4.89. The highest BCUT2D eigenvalue weighted by molar-refractivity contribution is 6.21. The van der Waals surface area contributed by atoms with Crippen molar-refractivity contribution in [3.8, 4) is 0 Å². The maximum atomic E-state index is 6.39. The van der Waals surface area contributed by atoms with Gasteiger partial charge in [0.1, 0.15) is 0 Å². The molecule has 1 aromatic rings. The van der Waals surface area contributed by atoms with Crippen LogP contribution in [-0.2, 0) is 6.42 Å². The molecule has 0 aliphatic rings. The Morgan fingerprint density at radius 3 is 2.00 bits per heavy atom. The lowest BCUT2D eigenvalue weighted by molar-refractivity contribution is 0.374. The van der Waals surface area contributed by atoms with Crippen LogP contribution in [0, 0.1) is 19.3 Å². The van der Waals surface area contributed by atoms with Gasteiger partial charge in [-0.25, -0.2) is 0 Å². The fourth-order valence-electron chi connectivity index (χ4n) is 1.94. The lowest BCUT2D eigenvalue weighted by Gasteiger charge is -2.25. The summed E-state index contributed by atoms with van der Waals surface area (Å²) < 4.78 is 0. The molecule has 1 atom stereocenters. The van der Waals surface area contributed by atoms with Crippen LogP contribution in [0.15, 0.2) is 18.2 Å². The van der Waals surface area contributed by atoms with E-state index in [4.69, 9.17) is 11.6 Å². The van der Waals surface area contributed by atoms with Crippen molar-refractivity contribution in [2.75, 3.05) is 0 Å². The van der Waals surface area contributed by atoms with Gasteiger partial charge in [-0.3, -0.25) is 0 Å². The van der Waals surface area contributed by atoms with Gasteiger partial charge in [0, 0.05) is 5.38 Å². The van der Waals surface area contributed by atoms with Gasteiger partial charge in [-0.15, -0.1) is 11.6 Å². The molecular weight excluding hydrogens is 216 g/mol. The van der Waals surface area contributed by atoms with Crippen molar-refractivity contribution in [1.82, 2.24) is 0 Å². The highest BCUT2D eigenvalue weighted by atomic mass is 35.5. The van der Waals surface area contributed by atoms with Crippen LogP contribution in [0.3, 0.4) is 0 Å². The summed E-state index contributed by atoms with van der Waals surface area (Å²) in [6, 6.07) is 6.74. The average Bonchev–Trinajstić information content (AvgIpc) is 2.11. The molecule has 0 nitrogen and oxygen atoms in total. The zero-order chi connectivity index (χ0) is 12.3. The normalized spacial score (nSPS) is 13.9. The summed E-state index contributed by atoms with van der Waals surface area (Å²) in [5.74, 6) is 0. The quantitative estimate of drug-likeness (QED) is 0.658. The smallest absolute Gasteiger partial charge is 0.0387 e. The predicted molar refractivity (Wildman–Crippen MR) is 73.3 cm³/mol. The van der Waals surface area contributed by atoms with E-state index >= 15 is 0 Å². The molecule has 90 valence electrons. The molecule has 0 aromatic heterocycles. The molecule has 0 heterocycles. The second-order valence-corrected chi connectivity index (χ2v) is 6.40. The third-order valence-corrected chi connectivity index (χ3v) is 3.78. The Hall–Kier alpha value is -0.490. The summed E-state index contributed by atoms with van der Waals surface area (Å²) in [5, 5.41) is 0.244. The molecular formula is C15H23Cl. The molecule has 0 fully saturated rings. The monoisotopic (exact) mass is 238 g/mol. The molecule has 0 amide bonds. The third-order valence-electron chi connectivity index (χ3n) is 2.91. The maximum Gasteiger partial charge on any atom is 0.0387 e. The van der Waals surface area contributed by atoms with Crippen LogP contribution in [0.1, 0.15) is 43.9 Å². The molecule has 16 heavy (non-hydrogen) atoms. The Morgan fingerprint density at radius 2 is 1.56 bits per heavy atom. The third kappa shape index (κ3) is 4.17. The second kappa shape index (κ2) is 5.23. The Balaban J connectivity index is 2.61. The van der Waals surface area contributed by atoms with E-state index in [1.165, 1.54) is 16.7 Å². The Kier molecular flexibility index (Phi) is 4.43. The Labute approximate surface area is 105 Å². The molecule has 0 spiro atoms. The van der Waals surface area contributed by atoms with E-state index in [-0.39, 0.29) is 10.8 Å². The second-order valence-electron chi connectivity index (χ2n) is 5.87. The fraction of sp³-hybridized carbons (Fsp3) is 0.600. The van der Waals surface area contributed by atoms with Crippen LogP contribution in [0.4, 0.5) is 0 Å². The van der Waals surface area contributed by atoms with Crippen LogP contribution in [0.25, 0.3) is 0 Å². The SMILES string of the molecule is Cc1cc(C)cc(CCC(Cl)C(C)(C)C)c1. The van der Waals surface area contributed by atoms with E-state index < -0.39 is 0 Å². The summed E-state index contributed by atoms with van der Waals surface area (Å²) >= 11 is 6.39. The number of benzene rings is 1. The first-order valence-electron chi connectivity index (χ1n) is 6.00. The highest BCUT2D eigenvalue weighted by Gasteiger charge is 2.21. The Bertz CT molecular complexity index is 327. The lowest BCUT2D eigenvalue weighted by atomic mass is 9.88. The van der Waals surface area contributed by atoms with Gasteiger partial charge in [0.25, 0.3) is 0 Å². The van der Waals surface area contributed by atoms with Crippen molar-refractivity contribution >= 4 is 11.6 Å². The molecule has 0 aliphatic heterocycles. The lowest BCUT2D eigenvalue weighted by Crippen LogP contribution is -2.21. The first-order chi connectivity index (χ1) is 7.29. The minimum Gasteiger partial charge on any atom is -0.122 e. The van der Waals surface area contributed by atoms with Crippen LogP contribution >= 0.6 is 11.6 Å². The molecule has 1 heteroatoms. The van der Waals surface area contributed by atoms with Crippen molar-refractivity contribution in [3.05, 3.63) is 34.9 Å². The largest absolute Gasteiger partial charge is 0.122 e. The van der Waals surface area contributed by atoms with Crippen molar-refractivity contribution in [1.29, 1.82) is 0 Å². The van der Waals surface area contributed by atoms with E-state index in [1.807, 2.05) is 0 Å². The van der Waals surface area contributed by atoms with Gasteiger partial charge in [-0.05, 0) is 37.7 Å². The van der Waals surface area contributed by atoms with Crippen molar-refractivity contribution in [2.24, 2.45) is 5.41 Å². The molecule has 1 unspecified atom stereocenters. The van der Waals surface area contributed by atoms with Crippen LogP contribution < -0.4 is 0 Å². The number of halogens is 1. The van der Waals surface area contributed by atoms with Gasteiger partial charge in [0.2, 0.25) is 0 Å². The molecule has 0 bridgehead atoms. The maximum absolute atomic E-state index is 6.39. The van der Waals surface area contributed by atoms with Crippen LogP contribution in [-0.4, -0.2) is 5.38 Å². The highest BCUT2D eigenvalue weighted by Crippen LogP contribution is 2.28. The number of rotatable bonds is 3. The zero-order valence-electron chi connectivity index (χ0n) is 11.1. The molecule has 1 aromatic carbocycles. The summed E-state index contributed by atoms with van der Waals surface area (Å²) in [6.07, 6.45) is 2.13. The van der Waals surface area contributed by atoms with Gasteiger partial charge in [-0.1, -0.05) is 50.1 Å². The molecule has 1 rings (SSSR count). The standard InChI is InChI=1S/C15H23Cl/c1-11-8-12(2)10-13(9-11)6-7-14(16)15(3,4)5/h8-10,14H,6-7H2,1-5H3. The zero-order valence-corrected chi connectivity index (χ0v) is 11.9. The topological polar surface area (TPSA) is 0 Å². The van der Waals surface area contributed by atoms with E-state index in [1.54, 1.807) is 0 Å². The summed E-state index contributed by atoms with van der Waals surface area (Å²) in [4.78, 5) is 0. The number of hydrogen-bond acceptors (Lipinski definition) is 0. The van der Waals surface area contributed by atoms with Crippen LogP contribution in [0.2, 0.25) is 0 Å². The summed E-state index contributed by atoms with van der Waals surface area (Å²) in [5.41, 5.74) is 4.29. The molecule has 0 saturated heterocycles. The fourth-order valence-corrected chi connectivity index (χ4v) is 2.05. The molecule has 0 N–H and O–H groups in total. The molecule has 0 aliphatic carbocycles. The average molecular weight is 239 g/mol. The first-order valence-corrected chi connectivity index (χ1v) is 6.44. The van der Waals surface area contributed by atoms with E-state index in [2.05, 4.69) is 52.8 Å². The molecule has 0 saturated carbocycles. The summed E-state index contributed by atoms with van der Waals surface area (Å²) in [7, 11) is 0. The van der Waals surface area contributed by atoms with E-state index in [9.17, 15) is 0 Å². The minimum atomic E-state index is 0.195. The van der Waals surface area contributed by atoms with Crippen LogP contribution in [0.5, 0.6) is 0 Å². The van der Waals surface area contributed by atoms with E-state index in [0.717, 1.165) is 12.8 Å². The minimum absolute atomic E-state index is 0.195.